The van der Waals surface area contributed by atoms with E-state index >= 15 is 0 Å². The average molecular weight is 215 g/mol. The smallest absolute Gasteiger partial charge is 0.396 e. The molecule has 1 aliphatic rings. The number of hydrogen-bond donors (Lipinski definition) is 0. The summed E-state index contributed by atoms with van der Waals surface area (Å²) >= 11 is 0. The van der Waals surface area contributed by atoms with Crippen molar-refractivity contribution in [1.29, 1.82) is 0 Å². The van der Waals surface area contributed by atoms with Crippen LogP contribution in [0, 0.1) is 0 Å². The number of amides is 1. The Hall–Kier alpha value is -1.10. The molecule has 0 aromatic heterocycles. The molecule has 1 saturated heterocycles. The summed E-state index contributed by atoms with van der Waals surface area (Å²) in [7, 11) is 2.83. The molecule has 1 aliphatic heterocycles. The fraction of sp³-hybridized carbons (Fsp3) is 0.800. The van der Waals surface area contributed by atoms with Crippen LogP contribution < -0.4 is 0 Å². The largest absolute Gasteiger partial charge is 0.462 e. The topological polar surface area (TPSA) is 55.8 Å². The minimum absolute atomic E-state index is 0.345. The van der Waals surface area contributed by atoms with E-state index in [0.717, 1.165) is 12.8 Å². The first kappa shape index (κ1) is 12.0. The van der Waals surface area contributed by atoms with Gasteiger partial charge in [0.1, 0.15) is 0 Å². The Bertz CT molecular complexity index is 266. The first-order valence-corrected chi connectivity index (χ1v) is 4.95. The second-order valence-corrected chi connectivity index (χ2v) is 3.98. The molecule has 15 heavy (non-hydrogen) atoms. The predicted molar refractivity (Wildman–Crippen MR) is 53.2 cm³/mol. The zero-order valence-corrected chi connectivity index (χ0v) is 9.41. The SMILES string of the molecule is COC(=O)C(=O)N1CCCC(C)(OC)C1. The van der Waals surface area contributed by atoms with Gasteiger partial charge in [0.05, 0.1) is 12.7 Å². The van der Waals surface area contributed by atoms with Crippen LogP contribution in [0.25, 0.3) is 0 Å². The van der Waals surface area contributed by atoms with Crippen molar-refractivity contribution in [3.63, 3.8) is 0 Å². The lowest BCUT2D eigenvalue weighted by molar-refractivity contribution is -0.161. The van der Waals surface area contributed by atoms with Crippen molar-refractivity contribution < 1.29 is 19.1 Å². The van der Waals surface area contributed by atoms with Crippen molar-refractivity contribution in [3.8, 4) is 0 Å². The maximum absolute atomic E-state index is 11.5. The molecule has 1 heterocycles. The lowest BCUT2D eigenvalue weighted by Crippen LogP contribution is -2.51. The summed E-state index contributed by atoms with van der Waals surface area (Å²) in [6, 6.07) is 0. The van der Waals surface area contributed by atoms with Gasteiger partial charge in [0.2, 0.25) is 0 Å². The molecule has 5 nitrogen and oxygen atoms in total. The van der Waals surface area contributed by atoms with Gasteiger partial charge in [-0.05, 0) is 19.8 Å². The highest BCUT2D eigenvalue weighted by Crippen LogP contribution is 2.23. The number of carbonyl (C=O) groups excluding carboxylic acids is 2. The van der Waals surface area contributed by atoms with E-state index in [4.69, 9.17) is 4.74 Å². The molecule has 1 unspecified atom stereocenters. The van der Waals surface area contributed by atoms with Gasteiger partial charge in [-0.15, -0.1) is 0 Å². The van der Waals surface area contributed by atoms with Gasteiger partial charge in [-0.3, -0.25) is 4.79 Å². The van der Waals surface area contributed by atoms with Crippen molar-refractivity contribution in [2.45, 2.75) is 25.4 Å². The van der Waals surface area contributed by atoms with Crippen LogP contribution >= 0.6 is 0 Å². The summed E-state index contributed by atoms with van der Waals surface area (Å²) in [6.45, 7) is 2.97. The number of rotatable bonds is 1. The van der Waals surface area contributed by atoms with Crippen LogP contribution in [-0.2, 0) is 19.1 Å². The summed E-state index contributed by atoms with van der Waals surface area (Å²) < 4.78 is 9.72. The third-order valence-electron chi connectivity index (χ3n) is 2.80. The Morgan fingerprint density at radius 3 is 2.53 bits per heavy atom. The fourth-order valence-electron chi connectivity index (χ4n) is 1.76. The molecule has 1 atom stereocenters. The minimum Gasteiger partial charge on any atom is -0.462 e. The molecule has 0 saturated carbocycles. The lowest BCUT2D eigenvalue weighted by Gasteiger charge is -2.38. The van der Waals surface area contributed by atoms with Crippen LogP contribution in [-0.4, -0.2) is 49.7 Å². The summed E-state index contributed by atoms with van der Waals surface area (Å²) in [5, 5.41) is 0. The lowest BCUT2D eigenvalue weighted by atomic mass is 9.95. The molecule has 0 N–H and O–H groups in total. The first-order valence-electron chi connectivity index (χ1n) is 4.95. The van der Waals surface area contributed by atoms with Gasteiger partial charge in [-0.2, -0.15) is 0 Å². The van der Waals surface area contributed by atoms with Gasteiger partial charge < -0.3 is 14.4 Å². The third-order valence-corrected chi connectivity index (χ3v) is 2.80. The second-order valence-electron chi connectivity index (χ2n) is 3.98. The van der Waals surface area contributed by atoms with E-state index in [1.54, 1.807) is 7.11 Å². The molecule has 5 heteroatoms. The van der Waals surface area contributed by atoms with Crippen molar-refractivity contribution in [2.24, 2.45) is 0 Å². The number of nitrogens with zero attached hydrogens (tertiary/aromatic N) is 1. The van der Waals surface area contributed by atoms with E-state index in [2.05, 4.69) is 4.74 Å². The first-order chi connectivity index (χ1) is 7.02. The van der Waals surface area contributed by atoms with Gasteiger partial charge in [-0.25, -0.2) is 4.79 Å². The Labute approximate surface area is 89.3 Å². The van der Waals surface area contributed by atoms with Gasteiger partial charge in [0, 0.05) is 20.2 Å². The van der Waals surface area contributed by atoms with E-state index in [1.165, 1.54) is 12.0 Å². The third kappa shape index (κ3) is 2.68. The predicted octanol–water partition coefficient (Wildman–Crippen LogP) is 0.187. The molecule has 0 aromatic rings. The molecule has 0 radical (unpaired) electrons. The normalized spacial score (nSPS) is 26.2. The minimum atomic E-state index is -0.810. The van der Waals surface area contributed by atoms with Crippen LogP contribution in [0.15, 0.2) is 0 Å². The number of hydrogen-bond acceptors (Lipinski definition) is 4. The zero-order chi connectivity index (χ0) is 11.5. The van der Waals surface area contributed by atoms with E-state index < -0.39 is 11.9 Å². The summed E-state index contributed by atoms with van der Waals surface area (Å²) in [5.41, 5.74) is -0.345. The van der Waals surface area contributed by atoms with Crippen LogP contribution in [0.2, 0.25) is 0 Å². The zero-order valence-electron chi connectivity index (χ0n) is 9.41. The number of esters is 1. The molecule has 1 rings (SSSR count). The maximum Gasteiger partial charge on any atom is 0.396 e. The Kier molecular flexibility index (Phi) is 3.68. The van der Waals surface area contributed by atoms with Gasteiger partial charge in [-0.1, -0.05) is 0 Å². The number of likely N-dealkylation sites (tertiary alicyclic amines) is 1. The van der Waals surface area contributed by atoms with Crippen molar-refractivity contribution in [3.05, 3.63) is 0 Å². The highest BCUT2D eigenvalue weighted by molar-refractivity contribution is 6.32. The van der Waals surface area contributed by atoms with E-state index in [9.17, 15) is 9.59 Å². The van der Waals surface area contributed by atoms with Crippen molar-refractivity contribution in [2.75, 3.05) is 27.3 Å². The molecule has 86 valence electrons. The molecular weight excluding hydrogens is 198 g/mol. The Balaban J connectivity index is 2.64. The summed E-state index contributed by atoms with van der Waals surface area (Å²) in [4.78, 5) is 24.1. The summed E-state index contributed by atoms with van der Waals surface area (Å²) in [6.07, 6.45) is 1.74. The number of methoxy groups -OCH3 is 2. The van der Waals surface area contributed by atoms with Gasteiger partial charge in [0.15, 0.2) is 0 Å². The molecule has 0 spiro atoms. The van der Waals surface area contributed by atoms with Crippen LogP contribution in [0.4, 0.5) is 0 Å². The Morgan fingerprint density at radius 2 is 2.00 bits per heavy atom. The van der Waals surface area contributed by atoms with E-state index in [-0.39, 0.29) is 5.60 Å². The number of piperidine rings is 1. The highest BCUT2D eigenvalue weighted by atomic mass is 16.5. The molecular formula is C10H17NO4. The molecule has 1 amide bonds. The summed E-state index contributed by atoms with van der Waals surface area (Å²) in [5.74, 6) is -1.39. The van der Waals surface area contributed by atoms with E-state index in [0.29, 0.717) is 13.1 Å². The molecule has 0 aliphatic carbocycles. The van der Waals surface area contributed by atoms with Gasteiger partial charge >= 0.3 is 11.9 Å². The number of carbonyl (C=O) groups is 2. The average Bonchev–Trinajstić information content (AvgIpc) is 2.27. The molecule has 1 fully saturated rings. The van der Waals surface area contributed by atoms with Gasteiger partial charge in [0.25, 0.3) is 0 Å². The highest BCUT2D eigenvalue weighted by Gasteiger charge is 2.35. The maximum atomic E-state index is 11.5. The molecule has 0 bridgehead atoms. The Morgan fingerprint density at radius 1 is 1.33 bits per heavy atom. The fourth-order valence-corrected chi connectivity index (χ4v) is 1.76. The van der Waals surface area contributed by atoms with E-state index in [1.807, 2.05) is 6.92 Å². The number of ether oxygens (including phenoxy) is 2. The second kappa shape index (κ2) is 4.61. The molecule has 0 aromatic carbocycles. The standard InChI is InChI=1S/C10H17NO4/c1-10(15-3)5-4-6-11(7-10)8(12)9(13)14-2/h4-7H2,1-3H3. The van der Waals surface area contributed by atoms with Crippen LogP contribution in [0.3, 0.4) is 0 Å². The van der Waals surface area contributed by atoms with Crippen molar-refractivity contribution >= 4 is 11.9 Å². The van der Waals surface area contributed by atoms with Crippen molar-refractivity contribution in [1.82, 2.24) is 4.90 Å². The van der Waals surface area contributed by atoms with Crippen LogP contribution in [0.1, 0.15) is 19.8 Å². The quantitative estimate of drug-likeness (QED) is 0.463. The van der Waals surface area contributed by atoms with Crippen LogP contribution in [0.5, 0.6) is 0 Å². The monoisotopic (exact) mass is 215 g/mol.